The SMILES string of the molecule is CN=C(NCC(C)(C)N1CCOCC1)N1CCC2(CCOC2)C1. The summed E-state index contributed by atoms with van der Waals surface area (Å²) in [5.74, 6) is 1.04. The summed E-state index contributed by atoms with van der Waals surface area (Å²) in [6, 6.07) is 0. The summed E-state index contributed by atoms with van der Waals surface area (Å²) < 4.78 is 11.1. The van der Waals surface area contributed by atoms with Crippen LogP contribution in [0.3, 0.4) is 0 Å². The van der Waals surface area contributed by atoms with Crippen LogP contribution in [0.4, 0.5) is 0 Å². The molecular formula is C17H32N4O2. The van der Waals surface area contributed by atoms with Crippen molar-refractivity contribution in [2.45, 2.75) is 32.2 Å². The molecule has 0 bridgehead atoms. The highest BCUT2D eigenvalue weighted by Crippen LogP contribution is 2.38. The minimum Gasteiger partial charge on any atom is -0.381 e. The van der Waals surface area contributed by atoms with Gasteiger partial charge in [0.05, 0.1) is 19.8 Å². The van der Waals surface area contributed by atoms with Crippen LogP contribution in [0.15, 0.2) is 4.99 Å². The van der Waals surface area contributed by atoms with Gasteiger partial charge in [0.15, 0.2) is 5.96 Å². The highest BCUT2D eigenvalue weighted by molar-refractivity contribution is 5.80. The van der Waals surface area contributed by atoms with Crippen molar-refractivity contribution in [1.82, 2.24) is 15.1 Å². The predicted molar refractivity (Wildman–Crippen MR) is 91.9 cm³/mol. The summed E-state index contributed by atoms with van der Waals surface area (Å²) in [4.78, 5) is 9.43. The Kier molecular flexibility index (Phi) is 5.13. The van der Waals surface area contributed by atoms with E-state index in [1.165, 1.54) is 12.8 Å². The van der Waals surface area contributed by atoms with Gasteiger partial charge in [-0.25, -0.2) is 0 Å². The van der Waals surface area contributed by atoms with Gasteiger partial charge in [0, 0.05) is 57.3 Å². The van der Waals surface area contributed by atoms with E-state index in [4.69, 9.17) is 9.47 Å². The average Bonchev–Trinajstić information content (AvgIpc) is 3.19. The van der Waals surface area contributed by atoms with Gasteiger partial charge in [-0.2, -0.15) is 0 Å². The normalized spacial score (nSPS) is 30.4. The van der Waals surface area contributed by atoms with E-state index in [0.717, 1.165) is 65.1 Å². The second-order valence-corrected chi connectivity index (χ2v) is 7.79. The summed E-state index contributed by atoms with van der Waals surface area (Å²) >= 11 is 0. The summed E-state index contributed by atoms with van der Waals surface area (Å²) in [6.45, 7) is 13.2. The van der Waals surface area contributed by atoms with Crippen LogP contribution in [0.1, 0.15) is 26.7 Å². The molecule has 0 aliphatic carbocycles. The summed E-state index contributed by atoms with van der Waals surface area (Å²) in [7, 11) is 1.89. The van der Waals surface area contributed by atoms with Crippen molar-refractivity contribution in [1.29, 1.82) is 0 Å². The number of nitrogens with zero attached hydrogens (tertiary/aromatic N) is 3. The molecule has 3 fully saturated rings. The van der Waals surface area contributed by atoms with Gasteiger partial charge in [0.2, 0.25) is 0 Å². The lowest BCUT2D eigenvalue weighted by Crippen LogP contribution is -2.56. The Morgan fingerprint density at radius 1 is 1.13 bits per heavy atom. The number of nitrogens with one attached hydrogen (secondary N) is 1. The molecule has 1 unspecified atom stereocenters. The molecule has 132 valence electrons. The van der Waals surface area contributed by atoms with Crippen molar-refractivity contribution in [3.63, 3.8) is 0 Å². The third kappa shape index (κ3) is 3.80. The highest BCUT2D eigenvalue weighted by Gasteiger charge is 2.42. The fraction of sp³-hybridized carbons (Fsp3) is 0.941. The Labute approximate surface area is 140 Å². The fourth-order valence-electron chi connectivity index (χ4n) is 4.00. The van der Waals surface area contributed by atoms with Crippen molar-refractivity contribution < 1.29 is 9.47 Å². The van der Waals surface area contributed by atoms with Crippen LogP contribution < -0.4 is 5.32 Å². The van der Waals surface area contributed by atoms with Crippen molar-refractivity contribution in [2.75, 3.05) is 66.2 Å². The Morgan fingerprint density at radius 3 is 2.57 bits per heavy atom. The molecule has 3 aliphatic heterocycles. The van der Waals surface area contributed by atoms with Crippen molar-refractivity contribution in [3.05, 3.63) is 0 Å². The molecule has 0 radical (unpaired) electrons. The minimum absolute atomic E-state index is 0.105. The summed E-state index contributed by atoms with van der Waals surface area (Å²) in [5, 5.41) is 3.61. The number of guanidine groups is 1. The zero-order chi connectivity index (χ0) is 16.3. The highest BCUT2D eigenvalue weighted by atomic mass is 16.5. The molecule has 0 amide bonds. The van der Waals surface area contributed by atoms with Gasteiger partial charge in [0.25, 0.3) is 0 Å². The van der Waals surface area contributed by atoms with Gasteiger partial charge in [-0.1, -0.05) is 0 Å². The average molecular weight is 324 g/mol. The van der Waals surface area contributed by atoms with Gasteiger partial charge in [-0.05, 0) is 26.7 Å². The second kappa shape index (κ2) is 6.95. The summed E-state index contributed by atoms with van der Waals surface area (Å²) in [6.07, 6.45) is 2.42. The van der Waals surface area contributed by atoms with Crippen LogP contribution in [-0.4, -0.2) is 87.5 Å². The van der Waals surface area contributed by atoms with Crippen molar-refractivity contribution in [3.8, 4) is 0 Å². The largest absolute Gasteiger partial charge is 0.381 e. The second-order valence-electron chi connectivity index (χ2n) is 7.79. The molecular weight excluding hydrogens is 292 g/mol. The van der Waals surface area contributed by atoms with E-state index in [0.29, 0.717) is 5.41 Å². The molecule has 3 rings (SSSR count). The predicted octanol–water partition coefficient (Wildman–Crippen LogP) is 0.785. The molecule has 3 aliphatic rings. The van der Waals surface area contributed by atoms with Crippen molar-refractivity contribution in [2.24, 2.45) is 10.4 Å². The third-order valence-electron chi connectivity index (χ3n) is 5.68. The number of morpholine rings is 1. The molecule has 6 heteroatoms. The number of likely N-dealkylation sites (tertiary alicyclic amines) is 1. The van der Waals surface area contributed by atoms with E-state index in [9.17, 15) is 0 Å². The molecule has 0 aromatic heterocycles. The Balaban J connectivity index is 1.53. The first-order valence-corrected chi connectivity index (χ1v) is 8.91. The lowest BCUT2D eigenvalue weighted by Gasteiger charge is -2.41. The van der Waals surface area contributed by atoms with Crippen LogP contribution in [-0.2, 0) is 9.47 Å². The molecule has 0 saturated carbocycles. The first kappa shape index (κ1) is 17.0. The van der Waals surface area contributed by atoms with E-state index >= 15 is 0 Å². The zero-order valence-corrected chi connectivity index (χ0v) is 14.9. The van der Waals surface area contributed by atoms with Crippen LogP contribution in [0, 0.1) is 5.41 Å². The smallest absolute Gasteiger partial charge is 0.193 e. The number of ether oxygens (including phenoxy) is 2. The maximum Gasteiger partial charge on any atom is 0.193 e. The fourth-order valence-corrected chi connectivity index (χ4v) is 4.00. The molecule has 0 aromatic rings. The van der Waals surface area contributed by atoms with Crippen LogP contribution in [0.2, 0.25) is 0 Å². The zero-order valence-electron chi connectivity index (χ0n) is 14.9. The number of aliphatic imine (C=N–C) groups is 1. The molecule has 1 atom stereocenters. The van der Waals surface area contributed by atoms with Gasteiger partial charge in [-0.15, -0.1) is 0 Å². The number of hydrogen-bond donors (Lipinski definition) is 1. The van der Waals surface area contributed by atoms with Gasteiger partial charge in [-0.3, -0.25) is 9.89 Å². The molecule has 23 heavy (non-hydrogen) atoms. The lowest BCUT2D eigenvalue weighted by molar-refractivity contribution is -0.00847. The van der Waals surface area contributed by atoms with E-state index < -0.39 is 0 Å². The maximum atomic E-state index is 5.63. The lowest BCUT2D eigenvalue weighted by atomic mass is 9.87. The molecule has 0 aromatic carbocycles. The standard InChI is InChI=1S/C17H32N4O2/c1-16(2,21-7-10-22-11-8-21)12-19-15(18-3)20-6-4-17(13-20)5-9-23-14-17/h4-14H2,1-3H3,(H,18,19). The molecule has 1 N–H and O–H groups in total. The number of hydrogen-bond acceptors (Lipinski definition) is 4. The first-order chi connectivity index (χ1) is 11.0. The van der Waals surface area contributed by atoms with Gasteiger partial charge in [0.1, 0.15) is 0 Å². The third-order valence-corrected chi connectivity index (χ3v) is 5.68. The van der Waals surface area contributed by atoms with Crippen LogP contribution >= 0.6 is 0 Å². The van der Waals surface area contributed by atoms with E-state index in [1.54, 1.807) is 0 Å². The molecule has 1 spiro atoms. The first-order valence-electron chi connectivity index (χ1n) is 8.91. The van der Waals surface area contributed by atoms with Gasteiger partial charge < -0.3 is 19.7 Å². The van der Waals surface area contributed by atoms with Crippen LogP contribution in [0.5, 0.6) is 0 Å². The molecule has 3 heterocycles. The molecule has 6 nitrogen and oxygen atoms in total. The quantitative estimate of drug-likeness (QED) is 0.614. The number of rotatable bonds is 3. The topological polar surface area (TPSA) is 49.3 Å². The van der Waals surface area contributed by atoms with E-state index in [2.05, 4.69) is 34.0 Å². The minimum atomic E-state index is 0.105. The Morgan fingerprint density at radius 2 is 1.91 bits per heavy atom. The van der Waals surface area contributed by atoms with Gasteiger partial charge >= 0.3 is 0 Å². The maximum absolute atomic E-state index is 5.63. The summed E-state index contributed by atoms with van der Waals surface area (Å²) in [5.41, 5.74) is 0.477. The molecule has 3 saturated heterocycles. The Hall–Kier alpha value is -0.850. The van der Waals surface area contributed by atoms with Crippen molar-refractivity contribution >= 4 is 5.96 Å². The Bertz CT molecular complexity index is 426. The van der Waals surface area contributed by atoms with Crippen LogP contribution in [0.25, 0.3) is 0 Å². The van der Waals surface area contributed by atoms with E-state index in [-0.39, 0.29) is 5.54 Å². The van der Waals surface area contributed by atoms with E-state index in [1.807, 2.05) is 7.05 Å². The monoisotopic (exact) mass is 324 g/mol.